The van der Waals surface area contributed by atoms with Crippen LogP contribution in [-0.2, 0) is 19.6 Å². The first kappa shape index (κ1) is 17.3. The molecule has 0 N–H and O–H groups in total. The molecule has 0 fully saturated rings. The lowest BCUT2D eigenvalue weighted by atomic mass is 10.2. The van der Waals surface area contributed by atoms with Crippen molar-refractivity contribution < 1.29 is 0 Å². The summed E-state index contributed by atoms with van der Waals surface area (Å²) in [7, 11) is 0. The minimum Gasteiger partial charge on any atom is -0.330 e. The highest BCUT2D eigenvalue weighted by Gasteiger charge is 2.08. The van der Waals surface area contributed by atoms with Crippen molar-refractivity contribution in [2.24, 2.45) is 0 Å². The Hall–Kier alpha value is -2.08. The summed E-state index contributed by atoms with van der Waals surface area (Å²) in [5.41, 5.74) is 4.53. The molecule has 124 valence electrons. The van der Waals surface area contributed by atoms with Gasteiger partial charge in [-0.25, -0.2) is 4.98 Å². The predicted molar refractivity (Wildman–Crippen MR) is 92.7 cm³/mol. The van der Waals surface area contributed by atoms with Gasteiger partial charge in [-0.2, -0.15) is 10.2 Å². The number of nitrogens with zero attached hydrogens (tertiary/aromatic N) is 6. The normalized spacial score (nSPS) is 10.7. The van der Waals surface area contributed by atoms with E-state index in [4.69, 9.17) is 0 Å². The van der Waals surface area contributed by atoms with E-state index >= 15 is 0 Å². The van der Waals surface area contributed by atoms with Crippen molar-refractivity contribution in [2.45, 2.75) is 46.8 Å². The number of rotatable bonds is 6. The molecule has 3 rings (SSSR count). The molecule has 0 aliphatic heterocycles. The lowest BCUT2D eigenvalue weighted by Gasteiger charge is -2.08. The molecular weight excluding hydrogens is 312 g/mol. The molecule has 3 heterocycles. The van der Waals surface area contributed by atoms with Gasteiger partial charge in [0.05, 0.1) is 30.1 Å². The average molecular weight is 335 g/mol. The molecule has 7 heteroatoms. The Morgan fingerprint density at radius 3 is 2.61 bits per heavy atom. The second kappa shape index (κ2) is 7.46. The molecule has 23 heavy (non-hydrogen) atoms. The third kappa shape index (κ3) is 3.82. The molecule has 3 aromatic rings. The summed E-state index contributed by atoms with van der Waals surface area (Å²) in [6, 6.07) is 2.11. The number of hydrogen-bond acceptors (Lipinski definition) is 3. The van der Waals surface area contributed by atoms with E-state index in [1.165, 1.54) is 5.69 Å². The van der Waals surface area contributed by atoms with Gasteiger partial charge in [0.15, 0.2) is 0 Å². The number of aryl methyl sites for hydroxylation is 5. The van der Waals surface area contributed by atoms with Crippen molar-refractivity contribution >= 4 is 12.4 Å². The van der Waals surface area contributed by atoms with Crippen molar-refractivity contribution in [3.05, 3.63) is 42.4 Å². The minimum atomic E-state index is 0. The smallest absolute Gasteiger partial charge is 0.0950 e. The zero-order chi connectivity index (χ0) is 15.5. The van der Waals surface area contributed by atoms with E-state index in [-0.39, 0.29) is 12.4 Å². The molecule has 0 amide bonds. The average Bonchev–Trinajstić information content (AvgIpc) is 3.19. The third-order valence-electron chi connectivity index (χ3n) is 3.84. The second-order valence-electron chi connectivity index (χ2n) is 5.56. The lowest BCUT2D eigenvalue weighted by molar-refractivity contribution is 0.518. The van der Waals surface area contributed by atoms with Gasteiger partial charge in [0.2, 0.25) is 0 Å². The summed E-state index contributed by atoms with van der Waals surface area (Å²) in [4.78, 5) is 4.28. The quantitative estimate of drug-likeness (QED) is 0.696. The van der Waals surface area contributed by atoms with Crippen molar-refractivity contribution in [1.82, 2.24) is 29.1 Å². The third-order valence-corrected chi connectivity index (χ3v) is 3.84. The van der Waals surface area contributed by atoms with Crippen LogP contribution in [0.1, 0.15) is 24.7 Å². The number of aromatic nitrogens is 6. The second-order valence-corrected chi connectivity index (χ2v) is 5.56. The first-order valence-electron chi connectivity index (χ1n) is 7.71. The summed E-state index contributed by atoms with van der Waals surface area (Å²) in [5, 5.41) is 8.84. The molecule has 0 saturated heterocycles. The Kier molecular flexibility index (Phi) is 5.60. The molecule has 0 saturated carbocycles. The highest BCUT2D eigenvalue weighted by atomic mass is 35.5. The molecule has 0 atom stereocenters. The van der Waals surface area contributed by atoms with E-state index in [1.54, 1.807) is 0 Å². The van der Waals surface area contributed by atoms with E-state index in [0.717, 1.165) is 43.0 Å². The van der Waals surface area contributed by atoms with Gasteiger partial charge in [0, 0.05) is 37.1 Å². The van der Waals surface area contributed by atoms with Crippen LogP contribution in [0.2, 0.25) is 0 Å². The Morgan fingerprint density at radius 2 is 1.96 bits per heavy atom. The van der Waals surface area contributed by atoms with Gasteiger partial charge in [-0.1, -0.05) is 0 Å². The minimum absolute atomic E-state index is 0. The molecule has 0 aliphatic carbocycles. The van der Waals surface area contributed by atoms with Gasteiger partial charge >= 0.3 is 0 Å². The fourth-order valence-corrected chi connectivity index (χ4v) is 2.70. The lowest BCUT2D eigenvalue weighted by Crippen LogP contribution is -2.07. The number of hydrogen-bond donors (Lipinski definition) is 0. The first-order chi connectivity index (χ1) is 10.7. The first-order valence-corrected chi connectivity index (χ1v) is 7.71. The zero-order valence-corrected chi connectivity index (χ0v) is 14.6. The van der Waals surface area contributed by atoms with Gasteiger partial charge in [0.1, 0.15) is 0 Å². The van der Waals surface area contributed by atoms with Crippen LogP contribution in [0.3, 0.4) is 0 Å². The highest BCUT2D eigenvalue weighted by Crippen LogP contribution is 2.18. The standard InChI is InChI=1S/C16H22N6.ClH/c1-4-21-11-15(9-18-21)16-10-17-12-20(16)6-5-7-22-14(3)8-13(2)19-22;/h8-12H,4-7H2,1-3H3;1H. The van der Waals surface area contributed by atoms with Crippen molar-refractivity contribution in [3.63, 3.8) is 0 Å². The van der Waals surface area contributed by atoms with Gasteiger partial charge in [-0.3, -0.25) is 9.36 Å². The molecule has 0 unspecified atom stereocenters. The van der Waals surface area contributed by atoms with Crippen LogP contribution >= 0.6 is 12.4 Å². The largest absolute Gasteiger partial charge is 0.330 e. The van der Waals surface area contributed by atoms with E-state index in [0.29, 0.717) is 0 Å². The fraction of sp³-hybridized carbons (Fsp3) is 0.438. The summed E-state index contributed by atoms with van der Waals surface area (Å²) in [6.07, 6.45) is 8.78. The molecule has 0 bridgehead atoms. The van der Waals surface area contributed by atoms with E-state index in [9.17, 15) is 0 Å². The molecular formula is C16H23ClN6. The van der Waals surface area contributed by atoms with Crippen LogP contribution in [-0.4, -0.2) is 29.1 Å². The molecule has 0 spiro atoms. The van der Waals surface area contributed by atoms with Crippen molar-refractivity contribution in [3.8, 4) is 11.3 Å². The summed E-state index contributed by atoms with van der Waals surface area (Å²) in [6.45, 7) is 8.94. The maximum absolute atomic E-state index is 4.50. The van der Waals surface area contributed by atoms with E-state index in [2.05, 4.69) is 50.5 Å². The van der Waals surface area contributed by atoms with Crippen molar-refractivity contribution in [2.75, 3.05) is 0 Å². The maximum atomic E-state index is 4.50. The Labute approximate surface area is 142 Å². The number of halogens is 1. The van der Waals surface area contributed by atoms with Crippen LogP contribution in [0.15, 0.2) is 31.0 Å². The van der Waals surface area contributed by atoms with Crippen LogP contribution in [0.25, 0.3) is 11.3 Å². The van der Waals surface area contributed by atoms with Gasteiger partial charge < -0.3 is 4.57 Å². The number of imidazole rings is 1. The SMILES string of the molecule is CCn1cc(-c2cncn2CCCn2nc(C)cc2C)cn1.Cl. The molecule has 0 radical (unpaired) electrons. The monoisotopic (exact) mass is 334 g/mol. The highest BCUT2D eigenvalue weighted by molar-refractivity contribution is 5.85. The molecule has 3 aromatic heterocycles. The Bertz CT molecular complexity index is 754. The summed E-state index contributed by atoms with van der Waals surface area (Å²) < 4.78 is 6.19. The Balaban J connectivity index is 0.00000192. The van der Waals surface area contributed by atoms with Gasteiger partial charge in [0.25, 0.3) is 0 Å². The predicted octanol–water partition coefficient (Wildman–Crippen LogP) is 3.09. The van der Waals surface area contributed by atoms with Crippen LogP contribution < -0.4 is 0 Å². The van der Waals surface area contributed by atoms with Crippen LogP contribution in [0.4, 0.5) is 0 Å². The Morgan fingerprint density at radius 1 is 1.13 bits per heavy atom. The van der Waals surface area contributed by atoms with E-state index in [1.807, 2.05) is 30.3 Å². The van der Waals surface area contributed by atoms with Gasteiger partial charge in [-0.15, -0.1) is 12.4 Å². The summed E-state index contributed by atoms with van der Waals surface area (Å²) >= 11 is 0. The van der Waals surface area contributed by atoms with Crippen molar-refractivity contribution in [1.29, 1.82) is 0 Å². The van der Waals surface area contributed by atoms with Gasteiger partial charge in [-0.05, 0) is 33.3 Å². The molecule has 6 nitrogen and oxygen atoms in total. The van der Waals surface area contributed by atoms with E-state index < -0.39 is 0 Å². The summed E-state index contributed by atoms with van der Waals surface area (Å²) in [5.74, 6) is 0. The zero-order valence-electron chi connectivity index (χ0n) is 13.8. The fourth-order valence-electron chi connectivity index (χ4n) is 2.70. The van der Waals surface area contributed by atoms with Crippen LogP contribution in [0.5, 0.6) is 0 Å². The topological polar surface area (TPSA) is 53.5 Å². The molecule has 0 aromatic carbocycles. The maximum Gasteiger partial charge on any atom is 0.0950 e. The van der Waals surface area contributed by atoms with Crippen LogP contribution in [0, 0.1) is 13.8 Å². The molecule has 0 aliphatic rings.